The number of carbonyl (C=O) groups is 3. The molecule has 5 rings (SSSR count). The zero-order valence-corrected chi connectivity index (χ0v) is 19.1. The van der Waals surface area contributed by atoms with Gasteiger partial charge in [0, 0.05) is 24.9 Å². The van der Waals surface area contributed by atoms with Gasteiger partial charge in [-0.25, -0.2) is 9.98 Å². The first-order valence-electron chi connectivity index (χ1n) is 11.2. The Balaban J connectivity index is 1.42. The van der Waals surface area contributed by atoms with Crippen molar-refractivity contribution in [1.82, 2.24) is 20.4 Å². The number of imide groups is 1. The minimum atomic E-state index is -4.59. The average Bonchev–Trinajstić information content (AvgIpc) is 3.41. The number of aliphatic imine (C=N–C) groups is 2. The van der Waals surface area contributed by atoms with Gasteiger partial charge >= 0.3 is 6.18 Å². The van der Waals surface area contributed by atoms with Gasteiger partial charge in [-0.3, -0.25) is 19.3 Å². The lowest BCUT2D eigenvalue weighted by Crippen LogP contribution is -2.78. The first-order valence-corrected chi connectivity index (χ1v) is 11.2. The number of hydrogen-bond donors (Lipinski definition) is 6. The van der Waals surface area contributed by atoms with E-state index in [2.05, 4.69) is 20.6 Å². The molecule has 37 heavy (non-hydrogen) atoms. The summed E-state index contributed by atoms with van der Waals surface area (Å²) in [6.45, 7) is -0.509. The molecule has 1 aromatic rings. The first kappa shape index (κ1) is 24.8. The van der Waals surface area contributed by atoms with E-state index in [1.165, 1.54) is 4.90 Å². The Labute approximate surface area is 207 Å². The Morgan fingerprint density at radius 2 is 1.76 bits per heavy atom. The molecule has 0 unspecified atom stereocenters. The maximum atomic E-state index is 12.9. The lowest BCUT2D eigenvalue weighted by atomic mass is 9.84. The third-order valence-electron chi connectivity index (χ3n) is 7.11. The average molecular weight is 524 g/mol. The van der Waals surface area contributed by atoms with E-state index in [0.29, 0.717) is 0 Å². The molecule has 1 spiro atoms. The maximum absolute atomic E-state index is 12.9. The molecule has 0 aromatic heterocycles. The largest absolute Gasteiger partial charge is 0.416 e. The fourth-order valence-corrected chi connectivity index (χ4v) is 5.30. The van der Waals surface area contributed by atoms with E-state index in [4.69, 9.17) is 11.5 Å². The summed E-state index contributed by atoms with van der Waals surface area (Å²) in [5, 5.41) is 27.9. The summed E-state index contributed by atoms with van der Waals surface area (Å²) in [7, 11) is 0. The molecule has 0 bridgehead atoms. The van der Waals surface area contributed by atoms with Crippen LogP contribution in [0.25, 0.3) is 0 Å². The zero-order chi connectivity index (χ0) is 26.9. The lowest BCUT2D eigenvalue weighted by Gasteiger charge is -2.49. The summed E-state index contributed by atoms with van der Waals surface area (Å²) in [6, 6.07) is -0.166. The molecule has 0 aliphatic carbocycles. The normalized spacial score (nSPS) is 30.5. The van der Waals surface area contributed by atoms with Gasteiger partial charge in [0.25, 0.3) is 5.91 Å². The third kappa shape index (κ3) is 3.66. The number of halogens is 3. The minimum Gasteiger partial charge on any atom is -0.370 e. The molecule has 4 aliphatic heterocycles. The molecule has 2 fully saturated rings. The predicted octanol–water partition coefficient (Wildman–Crippen LogP) is -2.37. The summed E-state index contributed by atoms with van der Waals surface area (Å²) >= 11 is 0. The molecule has 3 amide bonds. The number of nitrogens with one attached hydrogen (secondary N) is 2. The predicted molar refractivity (Wildman–Crippen MR) is 119 cm³/mol. The zero-order valence-electron chi connectivity index (χ0n) is 19.1. The van der Waals surface area contributed by atoms with Gasteiger partial charge < -0.3 is 37.2 Å². The molecule has 13 nitrogen and oxygen atoms in total. The fraction of sp³-hybridized carbons (Fsp3) is 0.476. The van der Waals surface area contributed by atoms with Gasteiger partial charge in [-0.15, -0.1) is 0 Å². The van der Waals surface area contributed by atoms with Crippen LogP contribution >= 0.6 is 0 Å². The van der Waals surface area contributed by atoms with Crippen LogP contribution in [0.15, 0.2) is 34.3 Å². The number of hydrogen-bond acceptors (Lipinski definition) is 11. The molecule has 4 aliphatic rings. The number of guanidine groups is 2. The lowest BCUT2D eigenvalue weighted by molar-refractivity contribution is -0.230. The van der Waals surface area contributed by atoms with Crippen LogP contribution < -0.4 is 22.1 Å². The van der Waals surface area contributed by atoms with Crippen molar-refractivity contribution in [3.05, 3.63) is 35.4 Å². The van der Waals surface area contributed by atoms with E-state index in [9.17, 15) is 37.8 Å². The smallest absolute Gasteiger partial charge is 0.370 e. The summed E-state index contributed by atoms with van der Waals surface area (Å²) in [5.74, 6) is -4.85. The highest BCUT2D eigenvalue weighted by atomic mass is 19.4. The van der Waals surface area contributed by atoms with Crippen LogP contribution in [-0.2, 0) is 15.8 Å². The molecule has 2 saturated heterocycles. The number of likely N-dealkylation sites (tertiary alicyclic amines) is 1. The van der Waals surface area contributed by atoms with E-state index in [1.807, 2.05) is 0 Å². The van der Waals surface area contributed by atoms with Crippen LogP contribution in [-0.4, -0.2) is 92.3 Å². The van der Waals surface area contributed by atoms with Crippen molar-refractivity contribution in [2.75, 3.05) is 13.1 Å². The Morgan fingerprint density at radius 3 is 2.35 bits per heavy atom. The minimum absolute atomic E-state index is 0.0400. The van der Waals surface area contributed by atoms with Crippen LogP contribution in [0.2, 0.25) is 0 Å². The van der Waals surface area contributed by atoms with Crippen LogP contribution in [0.4, 0.5) is 13.2 Å². The summed E-state index contributed by atoms with van der Waals surface area (Å²) < 4.78 is 38.6. The summed E-state index contributed by atoms with van der Waals surface area (Å²) in [5.41, 5.74) is 9.02. The monoisotopic (exact) mass is 524 g/mol. The van der Waals surface area contributed by atoms with Crippen molar-refractivity contribution in [2.45, 2.75) is 48.6 Å². The molecular formula is C21H23F3N8O5. The van der Waals surface area contributed by atoms with Gasteiger partial charge in [-0.05, 0) is 24.3 Å². The van der Waals surface area contributed by atoms with Gasteiger partial charge in [0.1, 0.15) is 12.1 Å². The van der Waals surface area contributed by atoms with Gasteiger partial charge in [-0.2, -0.15) is 13.2 Å². The Morgan fingerprint density at radius 1 is 1.14 bits per heavy atom. The summed E-state index contributed by atoms with van der Waals surface area (Å²) in [4.78, 5) is 48.0. The van der Waals surface area contributed by atoms with Crippen molar-refractivity contribution in [1.29, 1.82) is 0 Å². The second kappa shape index (κ2) is 8.04. The molecule has 0 saturated carbocycles. The van der Waals surface area contributed by atoms with Gasteiger partial charge in [0.2, 0.25) is 17.6 Å². The van der Waals surface area contributed by atoms with Crippen molar-refractivity contribution in [3.8, 4) is 0 Å². The number of rotatable bonds is 4. The maximum Gasteiger partial charge on any atom is 0.416 e. The fourth-order valence-electron chi connectivity index (χ4n) is 5.30. The summed E-state index contributed by atoms with van der Waals surface area (Å²) in [6.07, 6.45) is -4.51. The van der Waals surface area contributed by atoms with E-state index in [1.54, 1.807) is 0 Å². The van der Waals surface area contributed by atoms with Gasteiger partial charge in [0.05, 0.1) is 18.2 Å². The molecule has 16 heteroatoms. The SMILES string of the molecule is NC1=N[C@H]2[C@H](CN3C(=O)CCC3=O)N=C(N)N3C[C@H](NC(=O)c4ccc(C(F)(F)F)cc4)C(O)(O)[C@]23N1. The van der Waals surface area contributed by atoms with E-state index in [-0.39, 0.29) is 43.4 Å². The molecule has 1 aromatic carbocycles. The quantitative estimate of drug-likeness (QED) is 0.184. The van der Waals surface area contributed by atoms with Gasteiger partial charge in [-0.1, -0.05) is 0 Å². The molecule has 8 N–H and O–H groups in total. The molecule has 198 valence electrons. The number of carbonyl (C=O) groups excluding carboxylic acids is 3. The van der Waals surface area contributed by atoms with Gasteiger partial charge in [0.15, 0.2) is 17.6 Å². The van der Waals surface area contributed by atoms with Crippen LogP contribution in [0.1, 0.15) is 28.8 Å². The Hall–Kier alpha value is -3.92. The van der Waals surface area contributed by atoms with Crippen molar-refractivity contribution < 1.29 is 37.8 Å². The van der Waals surface area contributed by atoms with Crippen LogP contribution in [0, 0.1) is 0 Å². The van der Waals surface area contributed by atoms with Crippen LogP contribution in [0.5, 0.6) is 0 Å². The number of amides is 3. The van der Waals surface area contributed by atoms with Crippen LogP contribution in [0.3, 0.4) is 0 Å². The van der Waals surface area contributed by atoms with Crippen molar-refractivity contribution >= 4 is 29.6 Å². The highest BCUT2D eigenvalue weighted by Crippen LogP contribution is 2.45. The number of alkyl halides is 3. The number of aliphatic hydroxyl groups is 2. The standard InChI is InChI=1S/C21H23F3N8O5/c22-21(23,24)10-3-1-9(2-4-10)16(35)28-12-8-32-18(26)27-11(7-31-13(33)5-6-14(31)34)15-19(32,20(12,36)37)30-17(25)29-15/h1-4,11-12,15,36-37H,5-8H2,(H2,26,27)(H,28,35)(H3,25,29,30)/t11-,12-,15-,19-/m0/s1. The highest BCUT2D eigenvalue weighted by molar-refractivity contribution is 6.02. The third-order valence-corrected chi connectivity index (χ3v) is 7.11. The second-order valence-electron chi connectivity index (χ2n) is 9.24. The van der Waals surface area contributed by atoms with E-state index in [0.717, 1.165) is 29.2 Å². The van der Waals surface area contributed by atoms with E-state index >= 15 is 0 Å². The molecular weight excluding hydrogens is 501 g/mol. The Bertz CT molecular complexity index is 1220. The number of benzene rings is 1. The second-order valence-corrected chi connectivity index (χ2v) is 9.24. The topological polar surface area (TPSA) is 199 Å². The van der Waals surface area contributed by atoms with Crippen molar-refractivity contribution in [3.63, 3.8) is 0 Å². The van der Waals surface area contributed by atoms with Crippen molar-refractivity contribution in [2.24, 2.45) is 21.5 Å². The Kier molecular flexibility index (Phi) is 5.38. The molecule has 4 atom stereocenters. The van der Waals surface area contributed by atoms with E-state index < -0.39 is 59.0 Å². The number of nitrogens with two attached hydrogens (primary N) is 2. The molecule has 0 radical (unpaired) electrons. The molecule has 4 heterocycles. The number of nitrogens with zero attached hydrogens (tertiary/aromatic N) is 4. The first-order chi connectivity index (χ1) is 17.3. The highest BCUT2D eigenvalue weighted by Gasteiger charge is 2.73.